The molecule has 0 radical (unpaired) electrons. The summed E-state index contributed by atoms with van der Waals surface area (Å²) < 4.78 is 0. The van der Waals surface area contributed by atoms with Gasteiger partial charge in [-0.2, -0.15) is 5.10 Å². The molecule has 21 heavy (non-hydrogen) atoms. The number of aromatic amines is 1. The van der Waals surface area contributed by atoms with Gasteiger partial charge in [0, 0.05) is 30.0 Å². The number of ketones is 2. The first-order valence-electron chi connectivity index (χ1n) is 6.49. The van der Waals surface area contributed by atoms with Crippen molar-refractivity contribution >= 4 is 22.5 Å². The summed E-state index contributed by atoms with van der Waals surface area (Å²) in [6.45, 7) is 0. The summed E-state index contributed by atoms with van der Waals surface area (Å²) in [7, 11) is 0. The third-order valence-electron chi connectivity index (χ3n) is 3.21. The van der Waals surface area contributed by atoms with E-state index < -0.39 is 0 Å². The number of carbonyl (C=O) groups excluding carboxylic acids is 2. The van der Waals surface area contributed by atoms with E-state index in [9.17, 15) is 9.59 Å². The normalized spacial score (nSPS) is 10.7. The lowest BCUT2D eigenvalue weighted by Crippen LogP contribution is -2.06. The SMILES string of the molecule is O=C(CCC(=O)c1ccncn1)c1ccc2[nH]ncc2c1. The van der Waals surface area contributed by atoms with Crippen molar-refractivity contribution < 1.29 is 9.59 Å². The highest BCUT2D eigenvalue weighted by atomic mass is 16.1. The molecule has 0 aliphatic rings. The summed E-state index contributed by atoms with van der Waals surface area (Å²) >= 11 is 0. The van der Waals surface area contributed by atoms with Crippen molar-refractivity contribution in [3.8, 4) is 0 Å². The Kier molecular flexibility index (Phi) is 3.51. The topological polar surface area (TPSA) is 88.6 Å². The molecule has 6 heteroatoms. The molecule has 0 unspecified atom stereocenters. The van der Waals surface area contributed by atoms with Crippen molar-refractivity contribution in [2.45, 2.75) is 12.8 Å². The zero-order valence-corrected chi connectivity index (χ0v) is 11.1. The number of H-pyrrole nitrogens is 1. The molecule has 104 valence electrons. The summed E-state index contributed by atoms with van der Waals surface area (Å²) in [6, 6.07) is 6.86. The third kappa shape index (κ3) is 2.84. The maximum Gasteiger partial charge on any atom is 0.181 e. The van der Waals surface area contributed by atoms with Gasteiger partial charge < -0.3 is 0 Å². The number of hydrogen-bond acceptors (Lipinski definition) is 5. The minimum absolute atomic E-state index is 0.0690. The molecule has 2 aromatic heterocycles. The van der Waals surface area contributed by atoms with E-state index in [1.165, 1.54) is 12.5 Å². The van der Waals surface area contributed by atoms with E-state index in [0.717, 1.165) is 10.9 Å². The van der Waals surface area contributed by atoms with Gasteiger partial charge in [-0.1, -0.05) is 0 Å². The van der Waals surface area contributed by atoms with Gasteiger partial charge in [-0.15, -0.1) is 0 Å². The standard InChI is InChI=1S/C15H12N4O2/c20-14(3-4-15(21)13-5-6-16-9-17-13)10-1-2-12-11(7-10)8-18-19-12/h1-2,5-9H,3-4H2,(H,18,19). The van der Waals surface area contributed by atoms with E-state index >= 15 is 0 Å². The van der Waals surface area contributed by atoms with Crippen LogP contribution in [-0.2, 0) is 0 Å². The number of nitrogens with one attached hydrogen (secondary N) is 1. The van der Waals surface area contributed by atoms with Crippen LogP contribution < -0.4 is 0 Å². The van der Waals surface area contributed by atoms with Crippen molar-refractivity contribution in [1.82, 2.24) is 20.2 Å². The fraction of sp³-hybridized carbons (Fsp3) is 0.133. The van der Waals surface area contributed by atoms with Crippen LogP contribution in [0.1, 0.15) is 33.7 Å². The van der Waals surface area contributed by atoms with Crippen LogP contribution in [0.2, 0.25) is 0 Å². The number of carbonyl (C=O) groups is 2. The molecule has 1 N–H and O–H groups in total. The molecule has 0 atom stereocenters. The van der Waals surface area contributed by atoms with E-state index in [1.54, 1.807) is 24.4 Å². The molecule has 0 spiro atoms. The van der Waals surface area contributed by atoms with Gasteiger partial charge in [-0.25, -0.2) is 9.97 Å². The summed E-state index contributed by atoms with van der Waals surface area (Å²) in [5, 5.41) is 7.62. The lowest BCUT2D eigenvalue weighted by molar-refractivity contribution is 0.0915. The Hall–Kier alpha value is -2.89. The average molecular weight is 280 g/mol. The van der Waals surface area contributed by atoms with Gasteiger partial charge in [-0.3, -0.25) is 14.7 Å². The number of hydrogen-bond donors (Lipinski definition) is 1. The summed E-state index contributed by atoms with van der Waals surface area (Å²) in [4.78, 5) is 31.7. The maximum absolute atomic E-state index is 12.1. The van der Waals surface area contributed by atoms with Crippen LogP contribution in [0, 0.1) is 0 Å². The molecule has 2 heterocycles. The first kappa shape index (κ1) is 13.1. The Morgan fingerprint density at radius 1 is 1.10 bits per heavy atom. The van der Waals surface area contributed by atoms with Gasteiger partial charge in [0.05, 0.1) is 11.7 Å². The Bertz CT molecular complexity index is 796. The molecule has 0 saturated carbocycles. The number of rotatable bonds is 5. The molecule has 0 amide bonds. The van der Waals surface area contributed by atoms with Crippen molar-refractivity contribution in [3.63, 3.8) is 0 Å². The molecular weight excluding hydrogens is 268 g/mol. The second-order valence-corrected chi connectivity index (χ2v) is 4.61. The molecule has 1 aromatic carbocycles. The van der Waals surface area contributed by atoms with Crippen molar-refractivity contribution in [2.75, 3.05) is 0 Å². The Labute approximate surface area is 120 Å². The Morgan fingerprint density at radius 2 is 1.95 bits per heavy atom. The van der Waals surface area contributed by atoms with Crippen molar-refractivity contribution in [1.29, 1.82) is 0 Å². The molecule has 0 aliphatic heterocycles. The number of fused-ring (bicyclic) bond motifs is 1. The van der Waals surface area contributed by atoms with Gasteiger partial charge in [0.1, 0.15) is 12.0 Å². The molecule has 6 nitrogen and oxygen atoms in total. The highest BCUT2D eigenvalue weighted by Gasteiger charge is 2.12. The lowest BCUT2D eigenvalue weighted by Gasteiger charge is -2.01. The van der Waals surface area contributed by atoms with Crippen LogP contribution in [0.5, 0.6) is 0 Å². The van der Waals surface area contributed by atoms with Gasteiger partial charge in [0.25, 0.3) is 0 Å². The fourth-order valence-corrected chi connectivity index (χ4v) is 2.07. The lowest BCUT2D eigenvalue weighted by atomic mass is 10.0. The second-order valence-electron chi connectivity index (χ2n) is 4.61. The molecule has 0 fully saturated rings. The average Bonchev–Trinajstić information content (AvgIpc) is 3.00. The van der Waals surface area contributed by atoms with Crippen molar-refractivity contribution in [3.05, 3.63) is 54.2 Å². The maximum atomic E-state index is 12.1. The van der Waals surface area contributed by atoms with Crippen LogP contribution in [-0.4, -0.2) is 31.7 Å². The number of nitrogens with zero attached hydrogens (tertiary/aromatic N) is 3. The molecule has 0 bridgehead atoms. The molecule has 0 aliphatic carbocycles. The molecular formula is C15H12N4O2. The highest BCUT2D eigenvalue weighted by Crippen LogP contribution is 2.15. The molecule has 0 saturated heterocycles. The van der Waals surface area contributed by atoms with E-state index in [4.69, 9.17) is 0 Å². The predicted molar refractivity (Wildman–Crippen MR) is 76.0 cm³/mol. The third-order valence-corrected chi connectivity index (χ3v) is 3.21. The smallest absolute Gasteiger partial charge is 0.181 e. The zero-order chi connectivity index (χ0) is 14.7. The summed E-state index contributed by atoms with van der Waals surface area (Å²) in [5.41, 5.74) is 1.80. The van der Waals surface area contributed by atoms with Gasteiger partial charge in [0.2, 0.25) is 0 Å². The predicted octanol–water partition coefficient (Wildman–Crippen LogP) is 2.20. The van der Waals surface area contributed by atoms with Gasteiger partial charge in [0.15, 0.2) is 11.6 Å². The van der Waals surface area contributed by atoms with Gasteiger partial charge in [-0.05, 0) is 24.3 Å². The largest absolute Gasteiger partial charge is 0.294 e. The minimum atomic E-state index is -0.157. The second kappa shape index (κ2) is 5.62. The molecule has 3 aromatic rings. The van der Waals surface area contributed by atoms with Crippen LogP contribution in [0.25, 0.3) is 10.9 Å². The first-order chi connectivity index (χ1) is 10.2. The van der Waals surface area contributed by atoms with E-state index in [-0.39, 0.29) is 24.4 Å². The van der Waals surface area contributed by atoms with Crippen LogP contribution in [0.3, 0.4) is 0 Å². The summed E-state index contributed by atoms with van der Waals surface area (Å²) in [5.74, 6) is -0.226. The monoisotopic (exact) mass is 280 g/mol. The quantitative estimate of drug-likeness (QED) is 0.724. The van der Waals surface area contributed by atoms with Crippen LogP contribution in [0.4, 0.5) is 0 Å². The zero-order valence-electron chi connectivity index (χ0n) is 11.1. The number of Topliss-reactive ketones (excluding diaryl/α,β-unsaturated/α-hetero) is 2. The van der Waals surface area contributed by atoms with E-state index in [0.29, 0.717) is 11.3 Å². The number of benzene rings is 1. The minimum Gasteiger partial charge on any atom is -0.294 e. The first-order valence-corrected chi connectivity index (χ1v) is 6.49. The van der Waals surface area contributed by atoms with Crippen LogP contribution in [0.15, 0.2) is 43.0 Å². The summed E-state index contributed by atoms with van der Waals surface area (Å²) in [6.07, 6.45) is 4.79. The van der Waals surface area contributed by atoms with E-state index in [2.05, 4.69) is 20.2 Å². The van der Waals surface area contributed by atoms with Crippen molar-refractivity contribution in [2.24, 2.45) is 0 Å². The number of aromatic nitrogens is 4. The van der Waals surface area contributed by atoms with Gasteiger partial charge >= 0.3 is 0 Å². The van der Waals surface area contributed by atoms with Crippen LogP contribution >= 0.6 is 0 Å². The highest BCUT2D eigenvalue weighted by molar-refractivity contribution is 6.02. The Balaban J connectivity index is 1.67. The fourth-order valence-electron chi connectivity index (χ4n) is 2.07. The van der Waals surface area contributed by atoms with E-state index in [1.807, 2.05) is 6.07 Å². The Morgan fingerprint density at radius 3 is 2.76 bits per heavy atom. The molecule has 3 rings (SSSR count).